The van der Waals surface area contributed by atoms with Gasteiger partial charge in [-0.15, -0.1) is 0 Å². The van der Waals surface area contributed by atoms with E-state index in [1.165, 1.54) is 12.3 Å². The van der Waals surface area contributed by atoms with Crippen molar-refractivity contribution in [1.29, 1.82) is 5.41 Å². The summed E-state index contributed by atoms with van der Waals surface area (Å²) in [4.78, 5) is 16.1. The highest BCUT2D eigenvalue weighted by molar-refractivity contribution is 6.10. The zero-order chi connectivity index (χ0) is 17.4. The van der Waals surface area contributed by atoms with Crippen molar-refractivity contribution in [3.8, 4) is 0 Å². The van der Waals surface area contributed by atoms with Crippen molar-refractivity contribution >= 4 is 29.5 Å². The molecule has 0 fully saturated rings. The first kappa shape index (κ1) is 17.1. The molecule has 6 nitrogen and oxygen atoms in total. The molecule has 0 spiro atoms. The van der Waals surface area contributed by atoms with Crippen LogP contribution < -0.4 is 16.8 Å². The van der Waals surface area contributed by atoms with Gasteiger partial charge in [-0.05, 0) is 35.4 Å². The van der Waals surface area contributed by atoms with Gasteiger partial charge >= 0.3 is 0 Å². The van der Waals surface area contributed by atoms with Gasteiger partial charge in [0.05, 0.1) is 0 Å². The van der Waals surface area contributed by atoms with Crippen LogP contribution in [0.3, 0.4) is 0 Å². The zero-order valence-electron chi connectivity index (χ0n) is 13.1. The van der Waals surface area contributed by atoms with Crippen LogP contribution in [0.1, 0.15) is 16.7 Å². The van der Waals surface area contributed by atoms with Gasteiger partial charge in [0.1, 0.15) is 0 Å². The maximum Gasteiger partial charge on any atom is 0.248 e. The zero-order valence-corrected chi connectivity index (χ0v) is 13.1. The number of pyridine rings is 1. The highest BCUT2D eigenvalue weighted by atomic mass is 16.1. The quantitative estimate of drug-likeness (QED) is 0.481. The molecule has 2 aromatic rings. The molecule has 0 unspecified atom stereocenters. The van der Waals surface area contributed by atoms with E-state index in [4.69, 9.17) is 16.9 Å². The number of nitrogens with two attached hydrogens (primary N) is 2. The van der Waals surface area contributed by atoms with Gasteiger partial charge in [0.2, 0.25) is 5.91 Å². The predicted molar refractivity (Wildman–Crippen MR) is 97.2 cm³/mol. The smallest absolute Gasteiger partial charge is 0.248 e. The van der Waals surface area contributed by atoms with E-state index in [0.717, 1.165) is 17.3 Å². The minimum atomic E-state index is -0.271. The third-order valence-corrected chi connectivity index (χ3v) is 3.34. The summed E-state index contributed by atoms with van der Waals surface area (Å²) < 4.78 is 0. The van der Waals surface area contributed by atoms with Crippen molar-refractivity contribution in [1.82, 2.24) is 4.98 Å². The molecule has 0 radical (unpaired) electrons. The first-order valence-electron chi connectivity index (χ1n) is 7.32. The first-order chi connectivity index (χ1) is 11.7. The minimum absolute atomic E-state index is 0.271. The topological polar surface area (TPSA) is 118 Å². The van der Waals surface area contributed by atoms with Gasteiger partial charge in [-0.3, -0.25) is 9.78 Å². The van der Waals surface area contributed by atoms with Crippen molar-refractivity contribution in [3.05, 3.63) is 71.7 Å². The molecule has 1 amide bonds. The van der Waals surface area contributed by atoms with Crippen LogP contribution in [0.15, 0.2) is 55.0 Å². The molecule has 122 valence electrons. The molecule has 1 aromatic heterocycles. The molecular weight excluding hydrogens is 302 g/mol. The normalized spacial score (nSPS) is 11.5. The number of amides is 1. The average molecular weight is 321 g/mol. The predicted octanol–water partition coefficient (Wildman–Crippen LogP) is 2.14. The summed E-state index contributed by atoms with van der Waals surface area (Å²) in [7, 11) is 0. The monoisotopic (exact) mass is 321 g/mol. The van der Waals surface area contributed by atoms with E-state index in [9.17, 15) is 4.79 Å². The van der Waals surface area contributed by atoms with Crippen LogP contribution >= 0.6 is 0 Å². The molecule has 0 aliphatic heterocycles. The molecule has 0 aliphatic carbocycles. The summed E-state index contributed by atoms with van der Waals surface area (Å²) in [6.07, 6.45) is 8.77. The van der Waals surface area contributed by atoms with Gasteiger partial charge in [0.15, 0.2) is 0 Å². The number of hydrogen-bond donors (Lipinski definition) is 4. The van der Waals surface area contributed by atoms with Crippen molar-refractivity contribution in [2.45, 2.75) is 6.54 Å². The largest absolute Gasteiger partial charge is 0.404 e. The van der Waals surface area contributed by atoms with E-state index in [1.54, 1.807) is 30.6 Å². The Kier molecular flexibility index (Phi) is 5.99. The Labute approximate surface area is 140 Å². The number of carbonyl (C=O) groups is 1. The number of nitrogens with zero attached hydrogens (tertiary/aromatic N) is 1. The Balaban J connectivity index is 2.16. The maximum absolute atomic E-state index is 12.1. The molecule has 6 N–H and O–H groups in total. The number of anilines is 1. The first-order valence-corrected chi connectivity index (χ1v) is 7.32. The van der Waals surface area contributed by atoms with Gasteiger partial charge in [-0.1, -0.05) is 12.1 Å². The lowest BCUT2D eigenvalue weighted by atomic mass is 10.0. The lowest BCUT2D eigenvalue weighted by molar-refractivity contribution is -0.111. The third kappa shape index (κ3) is 4.37. The summed E-state index contributed by atoms with van der Waals surface area (Å²) in [6, 6.07) is 9.09. The maximum atomic E-state index is 12.1. The standard InChI is InChI=1S/C18H19N5O/c19-9-13-2-1-3-16(8-13)23-18(24)5-4-14-12-22-7-6-17(14)15(10-20)11-21/h1-8,10-12,20H,9,19,21H2,(H,23,24)/b5-4+,15-11+,20-10?. The van der Waals surface area contributed by atoms with Gasteiger partial charge in [-0.2, -0.15) is 0 Å². The molecular formula is C18H19N5O. The summed E-state index contributed by atoms with van der Waals surface area (Å²) in [5.74, 6) is -0.271. The lowest BCUT2D eigenvalue weighted by Gasteiger charge is -2.06. The number of aromatic nitrogens is 1. The molecule has 1 aromatic carbocycles. The highest BCUT2D eigenvalue weighted by Gasteiger charge is 2.04. The fraction of sp³-hybridized carbons (Fsp3) is 0.0556. The molecule has 0 saturated heterocycles. The minimum Gasteiger partial charge on any atom is -0.404 e. The van der Waals surface area contributed by atoms with Crippen LogP contribution in [-0.2, 0) is 11.3 Å². The van der Waals surface area contributed by atoms with Crippen LogP contribution in [0, 0.1) is 5.41 Å². The van der Waals surface area contributed by atoms with E-state index in [-0.39, 0.29) is 5.91 Å². The van der Waals surface area contributed by atoms with Gasteiger partial charge in [0.25, 0.3) is 0 Å². The Hall–Kier alpha value is -3.25. The fourth-order valence-electron chi connectivity index (χ4n) is 2.14. The van der Waals surface area contributed by atoms with Gasteiger partial charge in [-0.25, -0.2) is 0 Å². The Morgan fingerprint density at radius 1 is 1.33 bits per heavy atom. The van der Waals surface area contributed by atoms with Crippen LogP contribution in [0.5, 0.6) is 0 Å². The lowest BCUT2D eigenvalue weighted by Crippen LogP contribution is -2.08. The molecule has 0 atom stereocenters. The van der Waals surface area contributed by atoms with Crippen molar-refractivity contribution in [2.75, 3.05) is 5.32 Å². The van der Waals surface area contributed by atoms with Crippen LogP contribution in [0.2, 0.25) is 0 Å². The summed E-state index contributed by atoms with van der Waals surface area (Å²) in [5.41, 5.74) is 14.7. The van der Waals surface area contributed by atoms with E-state index in [2.05, 4.69) is 10.3 Å². The number of allylic oxidation sites excluding steroid dienone is 1. The van der Waals surface area contributed by atoms with Crippen LogP contribution in [0.25, 0.3) is 11.6 Å². The molecule has 1 heterocycles. The second kappa shape index (κ2) is 8.40. The van der Waals surface area contributed by atoms with E-state index in [1.807, 2.05) is 18.2 Å². The van der Waals surface area contributed by atoms with Gasteiger partial charge in [0, 0.05) is 54.3 Å². The van der Waals surface area contributed by atoms with E-state index >= 15 is 0 Å². The number of benzene rings is 1. The molecule has 0 saturated carbocycles. The van der Waals surface area contributed by atoms with E-state index in [0.29, 0.717) is 23.4 Å². The summed E-state index contributed by atoms with van der Waals surface area (Å²) in [5, 5.41) is 10.2. The highest BCUT2D eigenvalue weighted by Crippen LogP contribution is 2.17. The summed E-state index contributed by atoms with van der Waals surface area (Å²) in [6.45, 7) is 0.413. The molecule has 0 bridgehead atoms. The molecule has 0 aliphatic rings. The van der Waals surface area contributed by atoms with Gasteiger partial charge < -0.3 is 22.2 Å². The Morgan fingerprint density at radius 2 is 2.17 bits per heavy atom. The Morgan fingerprint density at radius 3 is 2.88 bits per heavy atom. The second-order valence-electron chi connectivity index (χ2n) is 4.96. The fourth-order valence-corrected chi connectivity index (χ4v) is 2.14. The number of rotatable bonds is 6. The van der Waals surface area contributed by atoms with Crippen molar-refractivity contribution < 1.29 is 4.79 Å². The van der Waals surface area contributed by atoms with Crippen LogP contribution in [-0.4, -0.2) is 17.1 Å². The van der Waals surface area contributed by atoms with Crippen molar-refractivity contribution in [3.63, 3.8) is 0 Å². The summed E-state index contributed by atoms with van der Waals surface area (Å²) >= 11 is 0. The molecule has 6 heteroatoms. The number of hydrogen-bond acceptors (Lipinski definition) is 5. The third-order valence-electron chi connectivity index (χ3n) is 3.34. The van der Waals surface area contributed by atoms with E-state index < -0.39 is 0 Å². The SMILES string of the molecule is N=C/C(=C\N)c1ccncc1/C=C/C(=O)Nc1cccc(CN)c1. The number of nitrogens with one attached hydrogen (secondary N) is 2. The molecule has 2 rings (SSSR count). The second-order valence-corrected chi connectivity index (χ2v) is 4.96. The van der Waals surface area contributed by atoms with Crippen LogP contribution in [0.4, 0.5) is 5.69 Å². The molecule has 24 heavy (non-hydrogen) atoms. The number of carbonyl (C=O) groups excluding carboxylic acids is 1. The average Bonchev–Trinajstić information content (AvgIpc) is 2.62. The van der Waals surface area contributed by atoms with Crippen molar-refractivity contribution in [2.24, 2.45) is 11.5 Å². The Bertz CT molecular complexity index is 796.